The zero-order valence-electron chi connectivity index (χ0n) is 17.8. The van der Waals surface area contributed by atoms with Gasteiger partial charge in [-0.2, -0.15) is 0 Å². The van der Waals surface area contributed by atoms with E-state index in [1.54, 1.807) is 0 Å². The van der Waals surface area contributed by atoms with Crippen LogP contribution in [0.15, 0.2) is 48.7 Å². The molecule has 2 aliphatic heterocycles. The van der Waals surface area contributed by atoms with Crippen molar-refractivity contribution in [3.63, 3.8) is 0 Å². The van der Waals surface area contributed by atoms with Crippen molar-refractivity contribution < 1.29 is 45.2 Å². The summed E-state index contributed by atoms with van der Waals surface area (Å²) in [6, 6.07) is 8.11. The van der Waals surface area contributed by atoms with Gasteiger partial charge in [0.1, 0.15) is 23.4 Å². The lowest BCUT2D eigenvalue weighted by molar-refractivity contribution is 0.0185. The topological polar surface area (TPSA) is 160 Å². The molecular weight excluding hydrogens is 444 g/mol. The molecule has 3 atom stereocenters. The fourth-order valence-electron chi connectivity index (χ4n) is 4.59. The molecule has 2 heterocycles. The van der Waals surface area contributed by atoms with Crippen molar-refractivity contribution in [1.29, 1.82) is 0 Å². The summed E-state index contributed by atoms with van der Waals surface area (Å²) >= 11 is 0. The number of fused-ring (bicyclic) bond motifs is 3. The number of hydrogen-bond acceptors (Lipinski definition) is 9. The standard InChI is InChI=1S/C25H22O9/c1-10-4-13(12-6-18(29)23(32)19(30)7-12)22-21(33-10)9-16(27)14-8-20(31)24(34-25(14)22)11-2-3-15(26)17(28)5-11/h2-3,5-7,9,13,20,24,26-32H,1,4,8H2/t13-,20-,24+/m0/s1. The van der Waals surface area contributed by atoms with Crippen molar-refractivity contribution in [2.24, 2.45) is 0 Å². The second kappa shape index (κ2) is 7.67. The van der Waals surface area contributed by atoms with E-state index in [2.05, 4.69) is 6.58 Å². The van der Waals surface area contributed by atoms with Crippen molar-refractivity contribution in [3.8, 4) is 46.0 Å². The summed E-state index contributed by atoms with van der Waals surface area (Å²) < 4.78 is 12.0. The van der Waals surface area contributed by atoms with Gasteiger partial charge in [-0.25, -0.2) is 0 Å². The van der Waals surface area contributed by atoms with Gasteiger partial charge in [0.2, 0.25) is 0 Å². The lowest BCUT2D eigenvalue weighted by atomic mass is 9.81. The van der Waals surface area contributed by atoms with Crippen LogP contribution in [0.4, 0.5) is 0 Å². The maximum atomic E-state index is 10.8. The number of benzene rings is 3. The van der Waals surface area contributed by atoms with Crippen LogP contribution in [-0.2, 0) is 6.42 Å². The van der Waals surface area contributed by atoms with Gasteiger partial charge in [-0.3, -0.25) is 0 Å². The largest absolute Gasteiger partial charge is 0.507 e. The number of phenolic OH excluding ortho intramolecular Hbond substituents is 6. The minimum atomic E-state index is -1.07. The Kier molecular flexibility index (Phi) is 4.87. The van der Waals surface area contributed by atoms with Crippen molar-refractivity contribution in [1.82, 2.24) is 0 Å². The summed E-state index contributed by atoms with van der Waals surface area (Å²) in [4.78, 5) is 0. The molecule has 0 aromatic heterocycles. The van der Waals surface area contributed by atoms with E-state index in [0.717, 1.165) is 0 Å². The molecule has 0 spiro atoms. The number of ether oxygens (including phenoxy) is 2. The quantitative estimate of drug-likeness (QED) is 0.281. The maximum absolute atomic E-state index is 10.8. The second-order valence-electron chi connectivity index (χ2n) is 8.48. The Morgan fingerprint density at radius 3 is 2.12 bits per heavy atom. The van der Waals surface area contributed by atoms with Gasteiger partial charge in [0, 0.05) is 36.0 Å². The van der Waals surface area contributed by atoms with Crippen molar-refractivity contribution in [3.05, 3.63) is 71.0 Å². The first-order valence-electron chi connectivity index (χ1n) is 10.5. The molecule has 2 aliphatic rings. The Bertz CT molecular complexity index is 1310. The van der Waals surface area contributed by atoms with E-state index < -0.39 is 35.4 Å². The zero-order chi connectivity index (χ0) is 24.3. The third-order valence-corrected chi connectivity index (χ3v) is 6.23. The zero-order valence-corrected chi connectivity index (χ0v) is 17.8. The van der Waals surface area contributed by atoms with Crippen LogP contribution >= 0.6 is 0 Å². The van der Waals surface area contributed by atoms with E-state index in [9.17, 15) is 35.7 Å². The Balaban J connectivity index is 1.67. The van der Waals surface area contributed by atoms with E-state index in [0.29, 0.717) is 28.0 Å². The van der Waals surface area contributed by atoms with E-state index >= 15 is 0 Å². The Morgan fingerprint density at radius 1 is 0.765 bits per heavy atom. The monoisotopic (exact) mass is 466 g/mol. The maximum Gasteiger partial charge on any atom is 0.200 e. The van der Waals surface area contributed by atoms with Crippen LogP contribution in [0.25, 0.3) is 0 Å². The van der Waals surface area contributed by atoms with E-state index in [4.69, 9.17) is 9.47 Å². The van der Waals surface area contributed by atoms with Crippen LogP contribution in [-0.4, -0.2) is 41.8 Å². The molecule has 0 bridgehead atoms. The summed E-state index contributed by atoms with van der Waals surface area (Å²) in [6.45, 7) is 3.87. The Hall–Kier alpha value is -4.24. The minimum absolute atomic E-state index is 0.0283. The number of aliphatic hydroxyl groups is 1. The van der Waals surface area contributed by atoms with Gasteiger partial charge in [-0.15, -0.1) is 0 Å². The van der Waals surface area contributed by atoms with Gasteiger partial charge >= 0.3 is 0 Å². The van der Waals surface area contributed by atoms with Gasteiger partial charge in [0.25, 0.3) is 0 Å². The predicted molar refractivity (Wildman–Crippen MR) is 119 cm³/mol. The average molecular weight is 466 g/mol. The molecule has 5 rings (SSSR count). The highest BCUT2D eigenvalue weighted by atomic mass is 16.5. The van der Waals surface area contributed by atoms with Crippen LogP contribution < -0.4 is 9.47 Å². The Morgan fingerprint density at radius 2 is 1.44 bits per heavy atom. The molecule has 0 unspecified atom stereocenters. The first kappa shape index (κ1) is 21.6. The molecule has 0 aliphatic carbocycles. The Labute approximate surface area is 193 Å². The molecule has 0 saturated heterocycles. The second-order valence-corrected chi connectivity index (χ2v) is 8.48. The molecule has 34 heavy (non-hydrogen) atoms. The first-order chi connectivity index (χ1) is 16.1. The number of allylic oxidation sites excluding steroid dienone is 1. The third-order valence-electron chi connectivity index (χ3n) is 6.23. The van der Waals surface area contributed by atoms with E-state index in [1.807, 2.05) is 0 Å². The molecule has 176 valence electrons. The van der Waals surface area contributed by atoms with Crippen molar-refractivity contribution >= 4 is 0 Å². The molecular formula is C25H22O9. The summed E-state index contributed by atoms with van der Waals surface area (Å²) in [5, 5.41) is 70.9. The SMILES string of the molecule is C=C1C[C@@H](c2cc(O)c(O)c(O)c2)c2c(cc(O)c3c2O[C@H](c2ccc(O)c(O)c2)[C@@H](O)C3)O1. The molecule has 9 nitrogen and oxygen atoms in total. The highest BCUT2D eigenvalue weighted by Gasteiger charge is 2.39. The van der Waals surface area contributed by atoms with Gasteiger partial charge < -0.3 is 45.2 Å². The average Bonchev–Trinajstić information content (AvgIpc) is 2.78. The molecule has 3 aromatic carbocycles. The van der Waals surface area contributed by atoms with Gasteiger partial charge in [0.15, 0.2) is 28.7 Å². The molecule has 0 saturated carbocycles. The smallest absolute Gasteiger partial charge is 0.200 e. The molecule has 9 heteroatoms. The van der Waals surface area contributed by atoms with E-state index in [-0.39, 0.29) is 41.6 Å². The molecule has 0 fully saturated rings. The lowest BCUT2D eigenvalue weighted by Gasteiger charge is -2.37. The molecule has 0 radical (unpaired) electrons. The number of phenols is 6. The number of rotatable bonds is 2. The minimum Gasteiger partial charge on any atom is -0.507 e. The van der Waals surface area contributed by atoms with Crippen LogP contribution in [0.2, 0.25) is 0 Å². The lowest BCUT2D eigenvalue weighted by Crippen LogP contribution is -2.31. The van der Waals surface area contributed by atoms with Crippen molar-refractivity contribution in [2.45, 2.75) is 31.0 Å². The molecule has 7 N–H and O–H groups in total. The van der Waals surface area contributed by atoms with Crippen molar-refractivity contribution in [2.75, 3.05) is 0 Å². The molecule has 3 aromatic rings. The van der Waals surface area contributed by atoms with Crippen LogP contribution in [0, 0.1) is 0 Å². The first-order valence-corrected chi connectivity index (χ1v) is 10.5. The number of hydrogen-bond donors (Lipinski definition) is 7. The fraction of sp³-hybridized carbons (Fsp3) is 0.200. The fourth-order valence-corrected chi connectivity index (χ4v) is 4.59. The highest BCUT2D eigenvalue weighted by molar-refractivity contribution is 5.64. The van der Waals surface area contributed by atoms with Gasteiger partial charge in [-0.1, -0.05) is 12.6 Å². The predicted octanol–water partition coefficient (Wildman–Crippen LogP) is 3.39. The van der Waals surface area contributed by atoms with Gasteiger partial charge in [0.05, 0.1) is 11.9 Å². The normalized spacial score (nSPS) is 21.2. The highest BCUT2D eigenvalue weighted by Crippen LogP contribution is 2.54. The summed E-state index contributed by atoms with van der Waals surface area (Å²) in [7, 11) is 0. The third kappa shape index (κ3) is 3.37. The van der Waals surface area contributed by atoms with E-state index in [1.165, 1.54) is 36.4 Å². The van der Waals surface area contributed by atoms with Crippen LogP contribution in [0.5, 0.6) is 46.0 Å². The number of aliphatic hydroxyl groups excluding tert-OH is 1. The van der Waals surface area contributed by atoms with Gasteiger partial charge in [-0.05, 0) is 35.4 Å². The van der Waals surface area contributed by atoms with Crippen LogP contribution in [0.1, 0.15) is 40.7 Å². The summed E-state index contributed by atoms with van der Waals surface area (Å²) in [5.41, 5.74) is 1.70. The molecule has 0 amide bonds. The number of aromatic hydroxyl groups is 6. The summed E-state index contributed by atoms with van der Waals surface area (Å²) in [5.74, 6) is -2.14. The van der Waals surface area contributed by atoms with Crippen LogP contribution in [0.3, 0.4) is 0 Å². The summed E-state index contributed by atoms with van der Waals surface area (Å²) in [6.07, 6.45) is -1.72.